The van der Waals surface area contributed by atoms with Crippen molar-refractivity contribution in [1.29, 1.82) is 0 Å². The van der Waals surface area contributed by atoms with Crippen LogP contribution in [0.1, 0.15) is 91.0 Å². The van der Waals surface area contributed by atoms with Gasteiger partial charge in [-0.05, 0) is 79.7 Å². The summed E-state index contributed by atoms with van der Waals surface area (Å²) in [6.45, 7) is 10.00. The Morgan fingerprint density at radius 2 is 1.81 bits per heavy atom. The lowest BCUT2D eigenvalue weighted by molar-refractivity contribution is -0.168. The summed E-state index contributed by atoms with van der Waals surface area (Å²) in [7, 11) is 0. The molecular weight excluding hydrogens is 472 g/mol. The second-order valence-corrected chi connectivity index (χ2v) is 13.2. The van der Waals surface area contributed by atoms with Gasteiger partial charge in [0.15, 0.2) is 0 Å². The zero-order chi connectivity index (χ0) is 26.3. The molecule has 1 aromatic rings. The molecule has 0 amide bonds. The zero-order valence-corrected chi connectivity index (χ0v) is 22.7. The first-order valence-corrected chi connectivity index (χ1v) is 14.2. The van der Waals surface area contributed by atoms with Gasteiger partial charge in [0.2, 0.25) is 0 Å². The number of hydrogen-bond acceptors (Lipinski definition) is 7. The third-order valence-electron chi connectivity index (χ3n) is 11.2. The number of hydrogen-bond donors (Lipinski definition) is 0. The van der Waals surface area contributed by atoms with Gasteiger partial charge in [0.25, 0.3) is 0 Å². The number of epoxide rings is 1. The fourth-order valence-electron chi connectivity index (χ4n) is 9.50. The van der Waals surface area contributed by atoms with E-state index >= 15 is 0 Å². The first-order valence-electron chi connectivity index (χ1n) is 14.2. The highest BCUT2D eigenvalue weighted by molar-refractivity contribution is 5.72. The molecule has 1 spiro atoms. The molecule has 37 heavy (non-hydrogen) atoms. The summed E-state index contributed by atoms with van der Waals surface area (Å²) in [4.78, 5) is 36.2. The monoisotopic (exact) mass is 512 g/mol. The molecule has 0 bridgehead atoms. The average molecular weight is 513 g/mol. The van der Waals surface area contributed by atoms with Gasteiger partial charge in [0.1, 0.15) is 23.9 Å². The molecule has 7 heteroatoms. The van der Waals surface area contributed by atoms with Crippen LogP contribution in [0.4, 0.5) is 0 Å². The maximum Gasteiger partial charge on any atom is 0.335 e. The van der Waals surface area contributed by atoms with Crippen LogP contribution < -0.4 is 5.63 Å². The summed E-state index contributed by atoms with van der Waals surface area (Å²) in [6, 6.07) is 3.31. The largest absolute Gasteiger partial charge is 0.463 e. The molecular formula is C30H40O7. The lowest BCUT2D eigenvalue weighted by atomic mass is 9.44. The van der Waals surface area contributed by atoms with Crippen molar-refractivity contribution >= 4 is 11.9 Å². The van der Waals surface area contributed by atoms with Crippen molar-refractivity contribution in [1.82, 2.24) is 0 Å². The molecule has 6 rings (SSSR count). The Balaban J connectivity index is 1.34. The number of ether oxygens (including phenoxy) is 3. The van der Waals surface area contributed by atoms with Crippen molar-refractivity contribution < 1.29 is 28.2 Å². The predicted molar refractivity (Wildman–Crippen MR) is 135 cm³/mol. The van der Waals surface area contributed by atoms with Crippen LogP contribution in [0.2, 0.25) is 0 Å². The van der Waals surface area contributed by atoms with Crippen LogP contribution in [0, 0.1) is 34.5 Å². The molecule has 5 fully saturated rings. The van der Waals surface area contributed by atoms with Crippen molar-refractivity contribution in [3.05, 3.63) is 34.4 Å². The van der Waals surface area contributed by atoms with Crippen molar-refractivity contribution in [2.24, 2.45) is 34.5 Å². The van der Waals surface area contributed by atoms with Crippen LogP contribution in [-0.2, 0) is 23.8 Å². The fourth-order valence-corrected chi connectivity index (χ4v) is 9.50. The lowest BCUT2D eigenvalue weighted by Gasteiger charge is -2.61. The Hall–Kier alpha value is -2.15. The fraction of sp³-hybridized carbons (Fsp3) is 0.767. The van der Waals surface area contributed by atoms with E-state index in [2.05, 4.69) is 13.8 Å². The third-order valence-corrected chi connectivity index (χ3v) is 11.2. The van der Waals surface area contributed by atoms with E-state index in [1.165, 1.54) is 13.0 Å². The summed E-state index contributed by atoms with van der Waals surface area (Å²) < 4.78 is 23.9. The van der Waals surface area contributed by atoms with E-state index in [4.69, 9.17) is 18.6 Å². The van der Waals surface area contributed by atoms with Crippen LogP contribution in [0.25, 0.3) is 0 Å². The van der Waals surface area contributed by atoms with Gasteiger partial charge in [0.05, 0.1) is 12.2 Å². The van der Waals surface area contributed by atoms with E-state index in [0.717, 1.165) is 50.5 Å². The molecule has 1 aliphatic heterocycles. The van der Waals surface area contributed by atoms with Gasteiger partial charge < -0.3 is 18.6 Å². The van der Waals surface area contributed by atoms with Crippen molar-refractivity contribution in [2.75, 3.05) is 0 Å². The minimum absolute atomic E-state index is 0.0347. The predicted octanol–water partition coefficient (Wildman–Crippen LogP) is 5.01. The molecule has 7 nitrogen and oxygen atoms in total. The number of carbonyl (C=O) groups is 2. The molecule has 0 N–H and O–H groups in total. The number of esters is 2. The highest BCUT2D eigenvalue weighted by Gasteiger charge is 2.84. The van der Waals surface area contributed by atoms with Crippen molar-refractivity contribution in [3.63, 3.8) is 0 Å². The van der Waals surface area contributed by atoms with Crippen LogP contribution in [-0.4, -0.2) is 35.9 Å². The molecule has 1 saturated heterocycles. The van der Waals surface area contributed by atoms with E-state index in [0.29, 0.717) is 17.8 Å². The number of rotatable bonds is 4. The van der Waals surface area contributed by atoms with Crippen LogP contribution in [0.3, 0.4) is 0 Å². The maximum atomic E-state index is 12.8. The molecule has 0 unspecified atom stereocenters. The Morgan fingerprint density at radius 3 is 2.49 bits per heavy atom. The second-order valence-electron chi connectivity index (χ2n) is 13.2. The number of fused-ring (bicyclic) bond motifs is 3. The molecule has 0 aromatic carbocycles. The van der Waals surface area contributed by atoms with E-state index in [1.54, 1.807) is 6.26 Å². The van der Waals surface area contributed by atoms with Gasteiger partial charge in [-0.25, -0.2) is 4.79 Å². The van der Waals surface area contributed by atoms with Gasteiger partial charge in [0, 0.05) is 24.3 Å². The number of carbonyl (C=O) groups excluding carboxylic acids is 2. The smallest absolute Gasteiger partial charge is 0.335 e. The van der Waals surface area contributed by atoms with Gasteiger partial charge in [-0.3, -0.25) is 9.59 Å². The van der Waals surface area contributed by atoms with Crippen molar-refractivity contribution in [3.8, 4) is 0 Å². The average Bonchev–Trinajstić information content (AvgIpc) is 3.54. The molecule has 2 heterocycles. The normalized spacial score (nSPS) is 45.7. The minimum atomic E-state index is -0.392. The van der Waals surface area contributed by atoms with E-state index in [1.807, 2.05) is 19.9 Å². The summed E-state index contributed by atoms with van der Waals surface area (Å²) in [5.41, 5.74) is 0.170. The van der Waals surface area contributed by atoms with Crippen molar-refractivity contribution in [2.45, 2.75) is 109 Å². The summed E-state index contributed by atoms with van der Waals surface area (Å²) >= 11 is 0. The molecule has 5 aliphatic rings. The molecule has 0 radical (unpaired) electrons. The van der Waals surface area contributed by atoms with Gasteiger partial charge in [-0.15, -0.1) is 0 Å². The molecule has 4 aliphatic carbocycles. The Kier molecular flexibility index (Phi) is 5.73. The van der Waals surface area contributed by atoms with E-state index in [-0.39, 0.29) is 58.0 Å². The molecule has 4 saturated carbocycles. The third kappa shape index (κ3) is 3.51. The summed E-state index contributed by atoms with van der Waals surface area (Å²) in [6.07, 6.45) is 8.25. The topological polar surface area (TPSA) is 95.3 Å². The standard InChI is InChI=1S/C30H40O7/c1-16(2)27(33)36-25-24(18-6-9-23(32)34-15-18)29(5)13-11-21-22(30(29)26(25)37-30)8-7-19-14-20(35-17(3)31)10-12-28(19,21)4/h6,9,15-16,19-22,24-26H,7-8,10-14H2,1-5H3/t19-,20+,21+,22-,24+,25-,26-,28+,29-,30-/m1/s1. The Morgan fingerprint density at radius 1 is 1.03 bits per heavy atom. The Bertz CT molecular complexity index is 1140. The zero-order valence-electron chi connectivity index (χ0n) is 22.7. The van der Waals surface area contributed by atoms with E-state index < -0.39 is 6.10 Å². The quantitative estimate of drug-likeness (QED) is 0.413. The van der Waals surface area contributed by atoms with Crippen LogP contribution in [0.5, 0.6) is 0 Å². The molecule has 1 aromatic heterocycles. The molecule has 202 valence electrons. The van der Waals surface area contributed by atoms with E-state index in [9.17, 15) is 14.4 Å². The maximum absolute atomic E-state index is 12.8. The summed E-state index contributed by atoms with van der Waals surface area (Å²) in [5.74, 6) is 0.759. The van der Waals surface area contributed by atoms with Crippen LogP contribution in [0.15, 0.2) is 27.6 Å². The molecule has 10 atom stereocenters. The minimum Gasteiger partial charge on any atom is -0.463 e. The van der Waals surface area contributed by atoms with Gasteiger partial charge in [-0.1, -0.05) is 27.7 Å². The van der Waals surface area contributed by atoms with Gasteiger partial charge in [-0.2, -0.15) is 0 Å². The highest BCUT2D eigenvalue weighted by atomic mass is 16.7. The lowest BCUT2D eigenvalue weighted by Crippen LogP contribution is -2.58. The summed E-state index contributed by atoms with van der Waals surface area (Å²) in [5, 5.41) is 0. The highest BCUT2D eigenvalue weighted by Crippen LogP contribution is 2.78. The first-order chi connectivity index (χ1) is 17.5. The second kappa shape index (κ2) is 8.42. The first kappa shape index (κ1) is 25.1. The SMILES string of the molecule is CC(=O)O[C@H]1CC[C@@]2(C)[C@H](CC[C@@H]3[C@@H]2CC[C@]2(C)[C@@H](c4ccc(=O)oc4)[C@@H](OC(=O)C(C)C)[C@H]4O[C@]342)C1. The van der Waals surface area contributed by atoms with Crippen LogP contribution >= 0.6 is 0 Å². The van der Waals surface area contributed by atoms with Gasteiger partial charge >= 0.3 is 17.6 Å². The Labute approximate surface area is 218 Å².